The first-order valence-corrected chi connectivity index (χ1v) is 8.78. The first-order chi connectivity index (χ1) is 12.6. The van der Waals surface area contributed by atoms with Crippen molar-refractivity contribution in [3.63, 3.8) is 0 Å². The standard InChI is InChI=1S/C13H14N2.C9H14N2/c14-13(15,11-7-3-1-4-8-11)12-9-5-2-6-10-12;10-6-7-11-8-9-4-2-1-3-5-9/h1-10H,14-15H2;1-5,11H,6-8,10H2. The van der Waals surface area contributed by atoms with Gasteiger partial charge >= 0.3 is 0 Å². The van der Waals surface area contributed by atoms with Crippen LogP contribution in [0.2, 0.25) is 0 Å². The normalized spacial score (nSPS) is 10.7. The van der Waals surface area contributed by atoms with Crippen molar-refractivity contribution < 1.29 is 0 Å². The zero-order valence-electron chi connectivity index (χ0n) is 15.0. The number of nitrogens with one attached hydrogen (secondary N) is 1. The first-order valence-electron chi connectivity index (χ1n) is 8.78. The number of rotatable bonds is 6. The van der Waals surface area contributed by atoms with Crippen LogP contribution in [0.15, 0.2) is 91.0 Å². The Morgan fingerprint density at radius 2 is 1.08 bits per heavy atom. The van der Waals surface area contributed by atoms with Crippen LogP contribution < -0.4 is 22.5 Å². The second-order valence-corrected chi connectivity index (χ2v) is 6.05. The lowest BCUT2D eigenvalue weighted by Crippen LogP contribution is -2.46. The van der Waals surface area contributed by atoms with Gasteiger partial charge < -0.3 is 22.5 Å². The second kappa shape index (κ2) is 10.5. The molecule has 0 heterocycles. The van der Waals surface area contributed by atoms with E-state index in [0.717, 1.165) is 24.2 Å². The van der Waals surface area contributed by atoms with Crippen molar-refractivity contribution in [2.45, 2.75) is 12.2 Å². The highest BCUT2D eigenvalue weighted by Crippen LogP contribution is 2.20. The Balaban J connectivity index is 0.000000197. The van der Waals surface area contributed by atoms with E-state index in [0.29, 0.717) is 6.54 Å². The third-order valence-electron chi connectivity index (χ3n) is 4.00. The maximum absolute atomic E-state index is 6.14. The summed E-state index contributed by atoms with van der Waals surface area (Å²) in [6.45, 7) is 2.50. The molecule has 3 aromatic carbocycles. The second-order valence-electron chi connectivity index (χ2n) is 6.05. The van der Waals surface area contributed by atoms with E-state index in [-0.39, 0.29) is 0 Å². The van der Waals surface area contributed by atoms with E-state index in [1.54, 1.807) is 0 Å². The van der Waals surface area contributed by atoms with Gasteiger partial charge in [0.1, 0.15) is 5.66 Å². The van der Waals surface area contributed by atoms with Gasteiger partial charge in [-0.15, -0.1) is 0 Å². The van der Waals surface area contributed by atoms with Gasteiger partial charge in [-0.2, -0.15) is 0 Å². The molecule has 0 aliphatic rings. The molecule has 0 aromatic heterocycles. The van der Waals surface area contributed by atoms with Crippen LogP contribution in [-0.4, -0.2) is 13.1 Å². The third-order valence-corrected chi connectivity index (χ3v) is 4.00. The topological polar surface area (TPSA) is 90.1 Å². The Hall–Kier alpha value is -2.50. The molecule has 7 N–H and O–H groups in total. The van der Waals surface area contributed by atoms with Crippen LogP contribution in [0.25, 0.3) is 0 Å². The maximum atomic E-state index is 6.14. The largest absolute Gasteiger partial charge is 0.329 e. The maximum Gasteiger partial charge on any atom is 0.116 e. The molecule has 0 aliphatic carbocycles. The van der Waals surface area contributed by atoms with Crippen molar-refractivity contribution in [1.82, 2.24) is 5.32 Å². The molecule has 0 amide bonds. The van der Waals surface area contributed by atoms with E-state index in [1.807, 2.05) is 78.9 Å². The van der Waals surface area contributed by atoms with Crippen molar-refractivity contribution in [2.24, 2.45) is 17.2 Å². The molecule has 26 heavy (non-hydrogen) atoms. The first kappa shape index (κ1) is 19.8. The molecular weight excluding hydrogens is 320 g/mol. The average molecular weight is 348 g/mol. The van der Waals surface area contributed by atoms with E-state index < -0.39 is 5.66 Å². The average Bonchev–Trinajstić information content (AvgIpc) is 2.71. The highest BCUT2D eigenvalue weighted by Gasteiger charge is 2.23. The van der Waals surface area contributed by atoms with Gasteiger partial charge in [0.15, 0.2) is 0 Å². The van der Waals surface area contributed by atoms with Crippen LogP contribution in [-0.2, 0) is 12.2 Å². The molecule has 0 saturated carbocycles. The molecule has 0 saturated heterocycles. The number of hydrogen-bond acceptors (Lipinski definition) is 4. The quantitative estimate of drug-likeness (QED) is 0.407. The summed E-state index contributed by atoms with van der Waals surface area (Å²) in [5, 5.41) is 3.23. The Morgan fingerprint density at radius 3 is 1.50 bits per heavy atom. The van der Waals surface area contributed by atoms with Gasteiger partial charge in [0.05, 0.1) is 0 Å². The van der Waals surface area contributed by atoms with E-state index >= 15 is 0 Å². The van der Waals surface area contributed by atoms with Crippen LogP contribution in [0.3, 0.4) is 0 Å². The van der Waals surface area contributed by atoms with E-state index in [9.17, 15) is 0 Å². The molecule has 0 radical (unpaired) electrons. The Morgan fingerprint density at radius 1 is 0.654 bits per heavy atom. The van der Waals surface area contributed by atoms with Crippen molar-refractivity contribution in [1.29, 1.82) is 0 Å². The van der Waals surface area contributed by atoms with Gasteiger partial charge in [0, 0.05) is 19.6 Å². The Bertz CT molecular complexity index is 686. The molecule has 0 aliphatic heterocycles. The number of nitrogens with two attached hydrogens (primary N) is 3. The van der Waals surface area contributed by atoms with Crippen molar-refractivity contribution in [3.8, 4) is 0 Å². The van der Waals surface area contributed by atoms with Crippen LogP contribution in [0, 0.1) is 0 Å². The van der Waals surface area contributed by atoms with E-state index in [1.165, 1.54) is 5.56 Å². The molecule has 0 unspecified atom stereocenters. The lowest BCUT2D eigenvalue weighted by molar-refractivity contribution is 0.567. The molecule has 0 fully saturated rings. The highest BCUT2D eigenvalue weighted by molar-refractivity contribution is 5.35. The van der Waals surface area contributed by atoms with Gasteiger partial charge in [-0.05, 0) is 16.7 Å². The molecule has 3 rings (SSSR count). The molecule has 4 heteroatoms. The van der Waals surface area contributed by atoms with Crippen molar-refractivity contribution >= 4 is 0 Å². The number of hydrogen-bond donors (Lipinski definition) is 4. The Labute approximate surface area is 156 Å². The molecule has 4 nitrogen and oxygen atoms in total. The number of benzene rings is 3. The lowest BCUT2D eigenvalue weighted by atomic mass is 9.93. The summed E-state index contributed by atoms with van der Waals surface area (Å²) in [5.41, 5.74) is 19.8. The Kier molecular flexibility index (Phi) is 7.99. The summed E-state index contributed by atoms with van der Waals surface area (Å²) >= 11 is 0. The van der Waals surface area contributed by atoms with Crippen LogP contribution in [0.5, 0.6) is 0 Å². The van der Waals surface area contributed by atoms with Gasteiger partial charge in [0.25, 0.3) is 0 Å². The summed E-state index contributed by atoms with van der Waals surface area (Å²) in [7, 11) is 0. The van der Waals surface area contributed by atoms with Crippen LogP contribution in [0.1, 0.15) is 16.7 Å². The smallest absolute Gasteiger partial charge is 0.116 e. The molecule has 0 spiro atoms. The summed E-state index contributed by atoms with van der Waals surface area (Å²) in [5.74, 6) is 0. The van der Waals surface area contributed by atoms with Crippen molar-refractivity contribution in [3.05, 3.63) is 108 Å². The summed E-state index contributed by atoms with van der Waals surface area (Å²) in [6.07, 6.45) is 0. The van der Waals surface area contributed by atoms with E-state index in [4.69, 9.17) is 17.2 Å². The summed E-state index contributed by atoms with van der Waals surface area (Å²) in [6, 6.07) is 29.7. The third kappa shape index (κ3) is 6.10. The molecular formula is C22H28N4. The van der Waals surface area contributed by atoms with Gasteiger partial charge in [-0.1, -0.05) is 91.0 Å². The van der Waals surface area contributed by atoms with Crippen LogP contribution >= 0.6 is 0 Å². The van der Waals surface area contributed by atoms with Gasteiger partial charge in [0.2, 0.25) is 0 Å². The highest BCUT2D eigenvalue weighted by atomic mass is 15.0. The van der Waals surface area contributed by atoms with Crippen LogP contribution in [0.4, 0.5) is 0 Å². The fourth-order valence-corrected chi connectivity index (χ4v) is 2.53. The zero-order chi connectivity index (χ0) is 18.7. The minimum absolute atomic E-state index is 0.701. The van der Waals surface area contributed by atoms with Crippen molar-refractivity contribution in [2.75, 3.05) is 13.1 Å². The minimum atomic E-state index is -0.914. The predicted molar refractivity (Wildman–Crippen MR) is 109 cm³/mol. The fourth-order valence-electron chi connectivity index (χ4n) is 2.53. The molecule has 136 valence electrons. The monoisotopic (exact) mass is 348 g/mol. The lowest BCUT2D eigenvalue weighted by Gasteiger charge is -2.25. The minimum Gasteiger partial charge on any atom is -0.329 e. The fraction of sp³-hybridized carbons (Fsp3) is 0.182. The molecule has 0 atom stereocenters. The summed E-state index contributed by atoms with van der Waals surface area (Å²) in [4.78, 5) is 0. The van der Waals surface area contributed by atoms with Gasteiger partial charge in [-0.3, -0.25) is 0 Å². The molecule has 3 aromatic rings. The predicted octanol–water partition coefficient (Wildman–Crippen LogP) is 2.54. The zero-order valence-corrected chi connectivity index (χ0v) is 15.0. The van der Waals surface area contributed by atoms with E-state index in [2.05, 4.69) is 17.4 Å². The SMILES string of the molecule is NC(N)(c1ccccc1)c1ccccc1.NCCNCc1ccccc1. The molecule has 0 bridgehead atoms. The summed E-state index contributed by atoms with van der Waals surface area (Å²) < 4.78 is 0. The van der Waals surface area contributed by atoms with Gasteiger partial charge in [-0.25, -0.2) is 0 Å².